The molecule has 3 aromatic rings. The second kappa shape index (κ2) is 25.8. The Kier molecular flexibility index (Phi) is 20.3. The highest BCUT2D eigenvalue weighted by atomic mass is 32.2. The molecule has 0 aliphatic carbocycles. The van der Waals surface area contributed by atoms with E-state index in [1.54, 1.807) is 44.0 Å². The van der Waals surface area contributed by atoms with Crippen molar-refractivity contribution in [2.24, 2.45) is 21.7 Å². The van der Waals surface area contributed by atoms with E-state index in [2.05, 4.69) is 40.1 Å². The molecule has 1 aromatic heterocycles. The molecule has 2 aromatic carbocycles. The van der Waals surface area contributed by atoms with Crippen molar-refractivity contribution in [2.45, 2.75) is 69.8 Å². The Morgan fingerprint density at radius 1 is 0.943 bits per heavy atom. The largest absolute Gasteiger partial charge is 0.494 e. The number of hydrogen-bond donors (Lipinski definition) is 5. The number of rotatable bonds is 20. The van der Waals surface area contributed by atoms with Crippen LogP contribution in [0.1, 0.15) is 51.5 Å². The number of amides is 5. The molecule has 23 heteroatoms. The van der Waals surface area contributed by atoms with Gasteiger partial charge in [-0.05, 0) is 82.6 Å². The first-order valence-corrected chi connectivity index (χ1v) is 25.5. The molecule has 3 heterocycles. The van der Waals surface area contributed by atoms with Gasteiger partial charge in [0.25, 0.3) is 5.91 Å². The summed E-state index contributed by atoms with van der Waals surface area (Å²) in [5.41, 5.74) is 12.1. The first-order chi connectivity index (χ1) is 33.2. The van der Waals surface area contributed by atoms with E-state index < -0.39 is 81.4 Å². The number of nitrogens with two attached hydrogens (primary N) is 2. The standard InChI is InChI=1S/C47H68F2N12O8S/c1-30(2)42(55-44(64)38-10-9-14-61(38)46(66)37(26-40(51)62)54-41(63)28-60(5)19-18-59(4)17-16-58(3)15-13-50)45(65)57-70(6,67)29-31-22-33-25-34(23-31)68-20-7-8-21-69-39-24-32(48)11-12-35(39)43-36(49)27-52-47(53-33)56-43/h11-12,22-25,27,30,37-38,42H,7-10,13-21,26,28-29,50H2,1-6H3,(H2,51,62)(H,54,63)(H,55,64)(H,52,53,56)/t37-,38-,42-,70-/m0/s1. The molecule has 384 valence electrons. The molecule has 4 atom stereocenters. The molecule has 0 spiro atoms. The Labute approximate surface area is 408 Å². The van der Waals surface area contributed by atoms with Gasteiger partial charge in [-0.25, -0.2) is 23.0 Å². The zero-order valence-corrected chi connectivity index (χ0v) is 41.7. The van der Waals surface area contributed by atoms with Crippen LogP contribution in [0.25, 0.3) is 11.3 Å². The highest BCUT2D eigenvalue weighted by molar-refractivity contribution is 7.92. The highest BCUT2D eigenvalue weighted by Gasteiger charge is 2.40. The van der Waals surface area contributed by atoms with Gasteiger partial charge < -0.3 is 51.6 Å². The third-order valence-electron chi connectivity index (χ3n) is 11.7. The number of fused-ring (bicyclic) bond motifs is 6. The molecule has 2 aliphatic heterocycles. The number of likely N-dealkylation sites (N-methyl/N-ethyl adjacent to an activating group) is 3. The zero-order chi connectivity index (χ0) is 51.1. The van der Waals surface area contributed by atoms with E-state index in [1.165, 1.54) is 29.4 Å². The average Bonchev–Trinajstić information content (AvgIpc) is 3.78. The number of aromatic nitrogens is 2. The Hall–Kier alpha value is -5.88. The summed E-state index contributed by atoms with van der Waals surface area (Å²) in [5, 5.41) is 8.40. The molecule has 20 nitrogen and oxygen atoms in total. The summed E-state index contributed by atoms with van der Waals surface area (Å²) in [6.45, 7) is 8.16. The van der Waals surface area contributed by atoms with Gasteiger partial charge in [0.05, 0.1) is 47.9 Å². The Morgan fingerprint density at radius 3 is 2.31 bits per heavy atom. The SMILES string of the molecule is CC(C)[C@H](NC(=O)[C@@H]1CCCN1C(=O)[C@H](CC(N)=O)NC(=O)CN(C)CCN(C)CCN(C)CCN)C(=O)N=[S@@](C)(=O)Cc1cc2cc(c1)OCCCCOc1cc(F)ccc1-c1nc(ncc1F)N2. The summed E-state index contributed by atoms with van der Waals surface area (Å²) < 4.78 is 59.5. The van der Waals surface area contributed by atoms with Crippen molar-refractivity contribution in [3.8, 4) is 22.8 Å². The van der Waals surface area contributed by atoms with Crippen LogP contribution in [-0.2, 0) is 39.5 Å². The van der Waals surface area contributed by atoms with Gasteiger partial charge in [-0.3, -0.25) is 28.9 Å². The fraction of sp³-hybridized carbons (Fsp3) is 0.553. The van der Waals surface area contributed by atoms with Crippen molar-refractivity contribution >= 4 is 50.9 Å². The van der Waals surface area contributed by atoms with Crippen LogP contribution < -0.4 is 36.9 Å². The lowest BCUT2D eigenvalue weighted by molar-refractivity contribution is -0.143. The molecule has 2 aliphatic rings. The van der Waals surface area contributed by atoms with Crippen LogP contribution in [0.15, 0.2) is 47.0 Å². The number of likely N-dealkylation sites (tertiary alicyclic amines) is 1. The molecular formula is C47H68F2N12O8S. The number of anilines is 2. The maximum atomic E-state index is 15.1. The number of halogens is 2. The van der Waals surface area contributed by atoms with Crippen LogP contribution in [0.2, 0.25) is 0 Å². The maximum absolute atomic E-state index is 15.1. The van der Waals surface area contributed by atoms with Crippen LogP contribution in [0.4, 0.5) is 20.4 Å². The van der Waals surface area contributed by atoms with Gasteiger partial charge in [-0.1, -0.05) is 13.8 Å². The number of nitrogens with one attached hydrogen (secondary N) is 3. The van der Waals surface area contributed by atoms with Gasteiger partial charge in [0.15, 0.2) is 5.82 Å². The van der Waals surface area contributed by atoms with Crippen molar-refractivity contribution in [2.75, 3.05) is 98.3 Å². The monoisotopic (exact) mass is 998 g/mol. The van der Waals surface area contributed by atoms with E-state index in [-0.39, 0.29) is 61.4 Å². The smallest absolute Gasteiger partial charge is 0.276 e. The predicted molar refractivity (Wildman–Crippen MR) is 261 cm³/mol. The van der Waals surface area contributed by atoms with E-state index in [0.29, 0.717) is 55.9 Å². The first kappa shape index (κ1) is 55.1. The second-order valence-corrected chi connectivity index (χ2v) is 20.7. The average molecular weight is 999 g/mol. The third kappa shape index (κ3) is 16.6. The van der Waals surface area contributed by atoms with Gasteiger partial charge >= 0.3 is 0 Å². The molecular weight excluding hydrogens is 931 g/mol. The Morgan fingerprint density at radius 2 is 1.63 bits per heavy atom. The number of ether oxygens (including phenoxy) is 2. The lowest BCUT2D eigenvalue weighted by Gasteiger charge is -2.30. The van der Waals surface area contributed by atoms with Gasteiger partial charge in [0.1, 0.15) is 41.1 Å². The van der Waals surface area contributed by atoms with Crippen molar-refractivity contribution in [1.82, 2.24) is 40.2 Å². The van der Waals surface area contributed by atoms with E-state index in [9.17, 15) is 32.6 Å². The minimum atomic E-state index is -3.33. The second-order valence-electron chi connectivity index (χ2n) is 18.3. The number of hydrogen-bond acceptors (Lipinski definition) is 15. The Bertz CT molecular complexity index is 2460. The molecule has 0 radical (unpaired) electrons. The molecule has 5 rings (SSSR count). The highest BCUT2D eigenvalue weighted by Crippen LogP contribution is 2.33. The lowest BCUT2D eigenvalue weighted by Crippen LogP contribution is -2.57. The fourth-order valence-corrected chi connectivity index (χ4v) is 9.32. The molecule has 7 N–H and O–H groups in total. The quantitative estimate of drug-likeness (QED) is 0.109. The van der Waals surface area contributed by atoms with Crippen LogP contribution in [-0.4, -0.2) is 174 Å². The van der Waals surface area contributed by atoms with Crippen molar-refractivity contribution in [1.29, 1.82) is 0 Å². The van der Waals surface area contributed by atoms with Crippen LogP contribution >= 0.6 is 0 Å². The third-order valence-corrected chi connectivity index (χ3v) is 13.1. The number of primary amides is 1. The zero-order valence-electron chi connectivity index (χ0n) is 40.9. The number of benzene rings is 2. The van der Waals surface area contributed by atoms with E-state index in [1.807, 2.05) is 14.1 Å². The molecule has 5 amide bonds. The fourth-order valence-electron chi connectivity index (χ4n) is 7.98. The van der Waals surface area contributed by atoms with Crippen molar-refractivity contribution < 1.29 is 46.4 Å². The summed E-state index contributed by atoms with van der Waals surface area (Å²) in [6.07, 6.45) is 3.55. The Balaban J connectivity index is 1.26. The summed E-state index contributed by atoms with van der Waals surface area (Å²) >= 11 is 0. The van der Waals surface area contributed by atoms with Gasteiger partial charge in [0.2, 0.25) is 29.6 Å². The summed E-state index contributed by atoms with van der Waals surface area (Å²) in [6, 6.07) is 5.09. The number of carbonyl (C=O) groups excluding carboxylic acids is 5. The predicted octanol–water partition coefficient (Wildman–Crippen LogP) is 2.09. The van der Waals surface area contributed by atoms with E-state index >= 15 is 4.39 Å². The van der Waals surface area contributed by atoms with Crippen LogP contribution in [0.5, 0.6) is 11.5 Å². The number of carbonyl (C=O) groups is 5. The summed E-state index contributed by atoms with van der Waals surface area (Å²) in [5.74, 6) is -5.03. The van der Waals surface area contributed by atoms with Gasteiger partial charge in [-0.2, -0.15) is 4.36 Å². The molecule has 1 saturated heterocycles. The molecule has 70 heavy (non-hydrogen) atoms. The molecule has 0 saturated carbocycles. The molecule has 4 bridgehead atoms. The van der Waals surface area contributed by atoms with Crippen LogP contribution in [0.3, 0.4) is 0 Å². The van der Waals surface area contributed by atoms with Crippen molar-refractivity contribution in [3.63, 3.8) is 0 Å². The minimum Gasteiger partial charge on any atom is -0.494 e. The normalized spacial score (nSPS) is 16.7. The number of nitrogens with zero attached hydrogens (tertiary/aromatic N) is 7. The van der Waals surface area contributed by atoms with E-state index in [4.69, 9.17) is 20.9 Å². The van der Waals surface area contributed by atoms with Crippen molar-refractivity contribution in [3.05, 3.63) is 59.8 Å². The molecule has 1 fully saturated rings. The van der Waals surface area contributed by atoms with E-state index in [0.717, 1.165) is 25.8 Å². The summed E-state index contributed by atoms with van der Waals surface area (Å²) in [4.78, 5) is 82.9. The minimum absolute atomic E-state index is 0.00963. The topological polar surface area (TPSA) is 260 Å². The van der Waals surface area contributed by atoms with Gasteiger partial charge in [0, 0.05) is 75.5 Å². The lowest BCUT2D eigenvalue weighted by atomic mass is 10.0. The summed E-state index contributed by atoms with van der Waals surface area (Å²) in [7, 11) is 2.42. The molecule has 0 unspecified atom stereocenters. The first-order valence-electron chi connectivity index (χ1n) is 23.4. The van der Waals surface area contributed by atoms with Crippen LogP contribution in [0, 0.1) is 17.6 Å². The maximum Gasteiger partial charge on any atom is 0.276 e. The van der Waals surface area contributed by atoms with Gasteiger partial charge in [-0.15, -0.1) is 0 Å².